The number of rotatable bonds is 7. The van der Waals surface area contributed by atoms with Gasteiger partial charge >= 0.3 is 0 Å². The zero-order chi connectivity index (χ0) is 14.2. The molecule has 0 fully saturated rings. The molecule has 0 aliphatic carbocycles. The van der Waals surface area contributed by atoms with Crippen LogP contribution >= 0.6 is 11.6 Å². The number of methoxy groups -OCH3 is 1. The molecule has 3 nitrogen and oxygen atoms in total. The zero-order valence-corrected chi connectivity index (χ0v) is 12.2. The first-order valence-electron chi connectivity index (χ1n) is 6.50. The Balaban J connectivity index is 1.67. The van der Waals surface area contributed by atoms with E-state index in [0.29, 0.717) is 11.6 Å². The normalized spacial score (nSPS) is 10.3. The van der Waals surface area contributed by atoms with Crippen molar-refractivity contribution < 1.29 is 9.47 Å². The number of halogens is 1. The maximum Gasteiger partial charge on any atom is 0.137 e. The van der Waals surface area contributed by atoms with Gasteiger partial charge in [-0.15, -0.1) is 0 Å². The maximum absolute atomic E-state index is 6.00. The van der Waals surface area contributed by atoms with Crippen molar-refractivity contribution in [3.05, 3.63) is 59.1 Å². The molecule has 0 unspecified atom stereocenters. The van der Waals surface area contributed by atoms with Gasteiger partial charge in [-0.05, 0) is 29.8 Å². The first kappa shape index (κ1) is 14.7. The van der Waals surface area contributed by atoms with Crippen molar-refractivity contribution in [3.63, 3.8) is 0 Å². The fourth-order valence-electron chi connectivity index (χ4n) is 1.77. The molecule has 2 rings (SSSR count). The topological polar surface area (TPSA) is 30.5 Å². The van der Waals surface area contributed by atoms with Crippen LogP contribution in [0.4, 0.5) is 0 Å². The Morgan fingerprint density at radius 3 is 2.50 bits per heavy atom. The minimum atomic E-state index is 0.583. The van der Waals surface area contributed by atoms with Gasteiger partial charge in [-0.3, -0.25) is 0 Å². The van der Waals surface area contributed by atoms with Crippen LogP contribution in [0, 0.1) is 0 Å². The van der Waals surface area contributed by atoms with Crippen LogP contribution in [0.3, 0.4) is 0 Å². The number of hydrogen-bond donors (Lipinski definition) is 1. The third-order valence-electron chi connectivity index (χ3n) is 2.86. The summed E-state index contributed by atoms with van der Waals surface area (Å²) in [4.78, 5) is 0. The molecule has 0 amide bonds. The number of hydrogen-bond acceptors (Lipinski definition) is 3. The van der Waals surface area contributed by atoms with E-state index < -0.39 is 0 Å². The Morgan fingerprint density at radius 2 is 1.80 bits per heavy atom. The highest BCUT2D eigenvalue weighted by atomic mass is 35.5. The fourth-order valence-corrected chi connectivity index (χ4v) is 1.96. The van der Waals surface area contributed by atoms with Crippen molar-refractivity contribution in [1.82, 2.24) is 5.32 Å². The number of ether oxygens (including phenoxy) is 2. The largest absolute Gasteiger partial charge is 0.497 e. The summed E-state index contributed by atoms with van der Waals surface area (Å²) in [7, 11) is 1.67. The molecule has 0 spiro atoms. The summed E-state index contributed by atoms with van der Waals surface area (Å²) in [5.41, 5.74) is 1.21. The van der Waals surface area contributed by atoms with Crippen LogP contribution in [0.15, 0.2) is 48.5 Å². The third-order valence-corrected chi connectivity index (χ3v) is 3.17. The maximum atomic E-state index is 6.00. The average Bonchev–Trinajstić information content (AvgIpc) is 2.49. The summed E-state index contributed by atoms with van der Waals surface area (Å²) in [6.07, 6.45) is 0. The summed E-state index contributed by atoms with van der Waals surface area (Å²) in [6, 6.07) is 15.5. The van der Waals surface area contributed by atoms with Crippen LogP contribution in [0.2, 0.25) is 5.02 Å². The highest BCUT2D eigenvalue weighted by Gasteiger charge is 1.99. The quantitative estimate of drug-likeness (QED) is 0.792. The molecule has 20 heavy (non-hydrogen) atoms. The van der Waals surface area contributed by atoms with Crippen LogP contribution in [0.1, 0.15) is 5.56 Å². The van der Waals surface area contributed by atoms with Gasteiger partial charge in [-0.25, -0.2) is 0 Å². The molecule has 0 radical (unpaired) electrons. The molecule has 0 aliphatic heterocycles. The predicted molar refractivity (Wildman–Crippen MR) is 81.6 cm³/mol. The highest BCUT2D eigenvalue weighted by molar-refractivity contribution is 6.32. The first-order chi connectivity index (χ1) is 9.79. The van der Waals surface area contributed by atoms with Gasteiger partial charge in [0.05, 0.1) is 12.1 Å². The molecule has 0 bridgehead atoms. The van der Waals surface area contributed by atoms with Crippen molar-refractivity contribution >= 4 is 11.6 Å². The van der Waals surface area contributed by atoms with Gasteiger partial charge in [-0.1, -0.05) is 35.9 Å². The molecule has 0 saturated heterocycles. The molecule has 4 heteroatoms. The highest BCUT2D eigenvalue weighted by Crippen LogP contribution is 2.22. The lowest BCUT2D eigenvalue weighted by molar-refractivity contribution is 0.314. The van der Waals surface area contributed by atoms with Gasteiger partial charge in [0.15, 0.2) is 0 Å². The van der Waals surface area contributed by atoms with E-state index in [1.54, 1.807) is 7.11 Å². The summed E-state index contributed by atoms with van der Waals surface area (Å²) in [5, 5.41) is 3.96. The second-order valence-electron chi connectivity index (χ2n) is 4.30. The van der Waals surface area contributed by atoms with Crippen molar-refractivity contribution in [1.29, 1.82) is 0 Å². The number of benzene rings is 2. The Bertz CT molecular complexity index is 528. The first-order valence-corrected chi connectivity index (χ1v) is 6.88. The Kier molecular flexibility index (Phi) is 5.71. The minimum absolute atomic E-state index is 0.583. The molecule has 0 saturated carbocycles. The second-order valence-corrected chi connectivity index (χ2v) is 4.71. The molecule has 0 heterocycles. The predicted octanol–water partition coefficient (Wildman–Crippen LogP) is 3.52. The van der Waals surface area contributed by atoms with Crippen molar-refractivity contribution in [2.24, 2.45) is 0 Å². The number of para-hydroxylation sites is 1. The van der Waals surface area contributed by atoms with Crippen LogP contribution < -0.4 is 14.8 Å². The molecular weight excluding hydrogens is 274 g/mol. The molecule has 0 atom stereocenters. The van der Waals surface area contributed by atoms with E-state index in [4.69, 9.17) is 21.1 Å². The Labute approximate surface area is 124 Å². The fraction of sp³-hybridized carbons (Fsp3) is 0.250. The summed E-state index contributed by atoms with van der Waals surface area (Å²) < 4.78 is 10.7. The average molecular weight is 292 g/mol. The monoisotopic (exact) mass is 291 g/mol. The molecule has 106 valence electrons. The van der Waals surface area contributed by atoms with E-state index in [-0.39, 0.29) is 0 Å². The standard InChI is InChI=1S/C16H18ClNO2/c1-19-14-8-6-13(7-9-14)12-18-10-11-20-16-5-3-2-4-15(16)17/h2-9,18H,10-12H2,1H3. The summed E-state index contributed by atoms with van der Waals surface area (Å²) in [5.74, 6) is 1.59. The van der Waals surface area contributed by atoms with Crippen molar-refractivity contribution in [2.45, 2.75) is 6.54 Å². The molecule has 1 N–H and O–H groups in total. The van der Waals surface area contributed by atoms with E-state index in [1.807, 2.05) is 48.5 Å². The van der Waals surface area contributed by atoms with Crippen LogP contribution in [0.5, 0.6) is 11.5 Å². The lowest BCUT2D eigenvalue weighted by Gasteiger charge is -2.09. The Morgan fingerprint density at radius 1 is 1.05 bits per heavy atom. The summed E-state index contributed by atoms with van der Waals surface area (Å²) >= 11 is 6.00. The lowest BCUT2D eigenvalue weighted by atomic mass is 10.2. The molecule has 0 aliphatic rings. The number of nitrogens with one attached hydrogen (secondary N) is 1. The van der Waals surface area contributed by atoms with E-state index >= 15 is 0 Å². The summed E-state index contributed by atoms with van der Waals surface area (Å²) in [6.45, 7) is 2.15. The third kappa shape index (κ3) is 4.44. The van der Waals surface area contributed by atoms with E-state index in [0.717, 1.165) is 24.6 Å². The molecule has 0 aromatic heterocycles. The Hall–Kier alpha value is -1.71. The van der Waals surface area contributed by atoms with Gasteiger partial charge in [0.1, 0.15) is 18.1 Å². The van der Waals surface area contributed by atoms with E-state index in [9.17, 15) is 0 Å². The zero-order valence-electron chi connectivity index (χ0n) is 11.4. The molecular formula is C16H18ClNO2. The van der Waals surface area contributed by atoms with Gasteiger partial charge in [0.25, 0.3) is 0 Å². The van der Waals surface area contributed by atoms with Crippen LogP contribution in [-0.4, -0.2) is 20.3 Å². The van der Waals surface area contributed by atoms with Gasteiger partial charge in [-0.2, -0.15) is 0 Å². The van der Waals surface area contributed by atoms with Crippen LogP contribution in [-0.2, 0) is 6.54 Å². The van der Waals surface area contributed by atoms with Crippen molar-refractivity contribution in [2.75, 3.05) is 20.3 Å². The van der Waals surface area contributed by atoms with Gasteiger partial charge in [0, 0.05) is 13.1 Å². The molecule has 2 aromatic rings. The van der Waals surface area contributed by atoms with E-state index in [2.05, 4.69) is 5.32 Å². The SMILES string of the molecule is COc1ccc(CNCCOc2ccccc2Cl)cc1. The smallest absolute Gasteiger partial charge is 0.137 e. The second kappa shape index (κ2) is 7.78. The van der Waals surface area contributed by atoms with Crippen LogP contribution in [0.25, 0.3) is 0 Å². The van der Waals surface area contributed by atoms with Crippen molar-refractivity contribution in [3.8, 4) is 11.5 Å². The van der Waals surface area contributed by atoms with Gasteiger partial charge < -0.3 is 14.8 Å². The minimum Gasteiger partial charge on any atom is -0.497 e. The van der Waals surface area contributed by atoms with Gasteiger partial charge in [0.2, 0.25) is 0 Å². The lowest BCUT2D eigenvalue weighted by Crippen LogP contribution is -2.20. The molecule has 2 aromatic carbocycles. The van der Waals surface area contributed by atoms with E-state index in [1.165, 1.54) is 5.56 Å².